The largest absolute Gasteiger partial charge is 0.375 e. The van der Waals surface area contributed by atoms with Crippen molar-refractivity contribution < 1.29 is 4.74 Å². The highest BCUT2D eigenvalue weighted by Gasteiger charge is 2.29. The molecule has 2 unspecified atom stereocenters. The summed E-state index contributed by atoms with van der Waals surface area (Å²) >= 11 is 12.2. The van der Waals surface area contributed by atoms with Crippen molar-refractivity contribution in [2.24, 2.45) is 0 Å². The highest BCUT2D eigenvalue weighted by atomic mass is 35.5. The first-order chi connectivity index (χ1) is 8.87. The Balaban J connectivity index is 2.02. The first kappa shape index (κ1) is 15.1. The molecule has 0 aliphatic carbocycles. The van der Waals surface area contributed by atoms with E-state index < -0.39 is 0 Å². The predicted molar refractivity (Wildman–Crippen MR) is 81.1 cm³/mol. The quantitative estimate of drug-likeness (QED) is 0.881. The molecule has 2 atom stereocenters. The van der Waals surface area contributed by atoms with Crippen LogP contribution in [0.1, 0.15) is 45.2 Å². The summed E-state index contributed by atoms with van der Waals surface area (Å²) in [7, 11) is 0. The summed E-state index contributed by atoms with van der Waals surface area (Å²) in [5.74, 6) is 0. The van der Waals surface area contributed by atoms with Crippen LogP contribution < -0.4 is 5.32 Å². The Morgan fingerprint density at radius 3 is 2.74 bits per heavy atom. The molecule has 0 bridgehead atoms. The maximum atomic E-state index is 6.25. The molecule has 1 heterocycles. The van der Waals surface area contributed by atoms with Gasteiger partial charge in [-0.15, -0.1) is 0 Å². The van der Waals surface area contributed by atoms with Crippen LogP contribution in [0.15, 0.2) is 18.2 Å². The molecule has 0 saturated carbocycles. The summed E-state index contributed by atoms with van der Waals surface area (Å²) in [6.45, 7) is 7.23. The van der Waals surface area contributed by atoms with Crippen molar-refractivity contribution in [3.63, 3.8) is 0 Å². The zero-order valence-electron chi connectivity index (χ0n) is 11.7. The number of halogens is 2. The minimum absolute atomic E-state index is 0.0422. The van der Waals surface area contributed by atoms with Crippen molar-refractivity contribution in [1.29, 1.82) is 0 Å². The lowest BCUT2D eigenvalue weighted by molar-refractivity contribution is -0.0639. The maximum absolute atomic E-state index is 6.25. The number of rotatable bonds is 3. The normalized spacial score (nSPS) is 24.2. The van der Waals surface area contributed by atoms with Crippen molar-refractivity contribution in [3.8, 4) is 0 Å². The van der Waals surface area contributed by atoms with Gasteiger partial charge in [-0.3, -0.25) is 0 Å². The average molecular weight is 302 g/mol. The monoisotopic (exact) mass is 301 g/mol. The molecule has 1 saturated heterocycles. The Bertz CT molecular complexity index is 448. The molecule has 0 radical (unpaired) electrons. The Kier molecular flexibility index (Phi) is 4.78. The SMILES string of the molecule is CC(NC1CCOC(C)(C)C1)c1ccc(Cl)cc1Cl. The molecular formula is C15H21Cl2NO. The number of benzene rings is 1. The van der Waals surface area contributed by atoms with Gasteiger partial charge in [0.2, 0.25) is 0 Å². The highest BCUT2D eigenvalue weighted by Crippen LogP contribution is 2.29. The second-order valence-corrected chi connectivity index (χ2v) is 6.70. The number of hydrogen-bond donors (Lipinski definition) is 1. The van der Waals surface area contributed by atoms with E-state index in [1.807, 2.05) is 12.1 Å². The lowest BCUT2D eigenvalue weighted by Crippen LogP contribution is -2.44. The fourth-order valence-electron chi connectivity index (χ4n) is 2.67. The Morgan fingerprint density at radius 2 is 2.11 bits per heavy atom. The Labute approximate surface area is 125 Å². The van der Waals surface area contributed by atoms with E-state index in [1.165, 1.54) is 0 Å². The van der Waals surface area contributed by atoms with Gasteiger partial charge in [0, 0.05) is 28.7 Å². The van der Waals surface area contributed by atoms with E-state index in [1.54, 1.807) is 6.07 Å². The molecule has 0 spiro atoms. The zero-order valence-corrected chi connectivity index (χ0v) is 13.2. The van der Waals surface area contributed by atoms with Crippen molar-refractivity contribution in [2.75, 3.05) is 6.61 Å². The third-order valence-electron chi connectivity index (χ3n) is 3.61. The molecule has 2 rings (SSSR count). The third kappa shape index (κ3) is 4.09. The standard InChI is InChI=1S/C15H21Cl2NO/c1-10(13-5-4-11(16)8-14(13)17)18-12-6-7-19-15(2,3)9-12/h4-5,8,10,12,18H,6-7,9H2,1-3H3. The van der Waals surface area contributed by atoms with E-state index in [4.69, 9.17) is 27.9 Å². The lowest BCUT2D eigenvalue weighted by Gasteiger charge is -2.37. The maximum Gasteiger partial charge on any atom is 0.0641 e. The molecule has 19 heavy (non-hydrogen) atoms. The molecule has 2 nitrogen and oxygen atoms in total. The van der Waals surface area contributed by atoms with Crippen LogP contribution >= 0.6 is 23.2 Å². The van der Waals surface area contributed by atoms with Crippen LogP contribution in [-0.2, 0) is 4.74 Å². The van der Waals surface area contributed by atoms with Gasteiger partial charge in [-0.25, -0.2) is 0 Å². The van der Waals surface area contributed by atoms with E-state index in [2.05, 4.69) is 26.1 Å². The van der Waals surface area contributed by atoms with E-state index >= 15 is 0 Å². The van der Waals surface area contributed by atoms with Crippen LogP contribution in [0.3, 0.4) is 0 Å². The first-order valence-corrected chi connectivity index (χ1v) is 7.48. The molecule has 1 aromatic rings. The van der Waals surface area contributed by atoms with Crippen LogP contribution in [0.4, 0.5) is 0 Å². The van der Waals surface area contributed by atoms with Crippen molar-refractivity contribution in [3.05, 3.63) is 33.8 Å². The van der Waals surface area contributed by atoms with E-state index in [0.29, 0.717) is 11.1 Å². The fourth-order valence-corrected chi connectivity index (χ4v) is 3.24. The molecule has 1 aromatic carbocycles. The average Bonchev–Trinajstić information content (AvgIpc) is 2.27. The van der Waals surface area contributed by atoms with Gasteiger partial charge in [0.25, 0.3) is 0 Å². The molecule has 0 amide bonds. The van der Waals surface area contributed by atoms with Crippen molar-refractivity contribution in [2.45, 2.75) is 51.3 Å². The predicted octanol–water partition coefficient (Wildman–Crippen LogP) is 4.60. The summed E-state index contributed by atoms with van der Waals surface area (Å²) in [4.78, 5) is 0. The Morgan fingerprint density at radius 1 is 1.37 bits per heavy atom. The van der Waals surface area contributed by atoms with E-state index in [0.717, 1.165) is 30.0 Å². The molecule has 106 valence electrons. The molecule has 1 N–H and O–H groups in total. The van der Waals surface area contributed by atoms with Crippen molar-refractivity contribution in [1.82, 2.24) is 5.32 Å². The zero-order chi connectivity index (χ0) is 14.0. The van der Waals surface area contributed by atoms with Gasteiger partial charge < -0.3 is 10.1 Å². The summed E-state index contributed by atoms with van der Waals surface area (Å²) in [5.41, 5.74) is 1.05. The second kappa shape index (κ2) is 6.01. The fraction of sp³-hybridized carbons (Fsp3) is 0.600. The summed E-state index contributed by atoms with van der Waals surface area (Å²) in [5, 5.41) is 5.04. The lowest BCUT2D eigenvalue weighted by atomic mass is 9.93. The van der Waals surface area contributed by atoms with Gasteiger partial charge in [-0.2, -0.15) is 0 Å². The minimum atomic E-state index is -0.0422. The summed E-state index contributed by atoms with van der Waals surface area (Å²) < 4.78 is 5.74. The van der Waals surface area contributed by atoms with E-state index in [-0.39, 0.29) is 11.6 Å². The smallest absolute Gasteiger partial charge is 0.0641 e. The number of nitrogens with one attached hydrogen (secondary N) is 1. The third-order valence-corrected chi connectivity index (χ3v) is 4.17. The van der Waals surface area contributed by atoms with Gasteiger partial charge >= 0.3 is 0 Å². The molecule has 1 fully saturated rings. The topological polar surface area (TPSA) is 21.3 Å². The summed E-state index contributed by atoms with van der Waals surface area (Å²) in [6.07, 6.45) is 2.06. The molecule has 0 aromatic heterocycles. The Hall–Kier alpha value is -0.280. The number of ether oxygens (including phenoxy) is 1. The van der Waals surface area contributed by atoms with Crippen LogP contribution in [0.25, 0.3) is 0 Å². The van der Waals surface area contributed by atoms with Crippen molar-refractivity contribution >= 4 is 23.2 Å². The number of hydrogen-bond acceptors (Lipinski definition) is 2. The van der Waals surface area contributed by atoms with E-state index in [9.17, 15) is 0 Å². The van der Waals surface area contributed by atoms with Gasteiger partial charge in [0.1, 0.15) is 0 Å². The molecule has 1 aliphatic rings. The molecule has 1 aliphatic heterocycles. The van der Waals surface area contributed by atoms with Crippen LogP contribution in [0, 0.1) is 0 Å². The molecule has 4 heteroatoms. The van der Waals surface area contributed by atoms with Gasteiger partial charge in [-0.1, -0.05) is 29.3 Å². The summed E-state index contributed by atoms with van der Waals surface area (Å²) in [6, 6.07) is 6.35. The van der Waals surface area contributed by atoms with Gasteiger partial charge in [-0.05, 0) is 51.3 Å². The first-order valence-electron chi connectivity index (χ1n) is 6.72. The second-order valence-electron chi connectivity index (χ2n) is 5.85. The van der Waals surface area contributed by atoms with Crippen LogP contribution in [0.5, 0.6) is 0 Å². The highest BCUT2D eigenvalue weighted by molar-refractivity contribution is 6.35. The minimum Gasteiger partial charge on any atom is -0.375 e. The van der Waals surface area contributed by atoms with Gasteiger partial charge in [0.05, 0.1) is 5.60 Å². The van der Waals surface area contributed by atoms with Crippen LogP contribution in [-0.4, -0.2) is 18.2 Å². The van der Waals surface area contributed by atoms with Crippen LogP contribution in [0.2, 0.25) is 10.0 Å². The van der Waals surface area contributed by atoms with Gasteiger partial charge in [0.15, 0.2) is 0 Å². The molecular weight excluding hydrogens is 281 g/mol.